The number of halogens is 4. The van der Waals surface area contributed by atoms with Crippen LogP contribution in [0.3, 0.4) is 0 Å². The zero-order valence-corrected chi connectivity index (χ0v) is 17.7. The van der Waals surface area contributed by atoms with Crippen molar-refractivity contribution in [2.24, 2.45) is 0 Å². The summed E-state index contributed by atoms with van der Waals surface area (Å²) in [6, 6.07) is 10.2. The van der Waals surface area contributed by atoms with E-state index in [1.54, 1.807) is 24.3 Å². The topological polar surface area (TPSA) is 80.8 Å². The Hall–Kier alpha value is -1.82. The maximum atomic E-state index is 12.9. The van der Waals surface area contributed by atoms with Crippen molar-refractivity contribution >= 4 is 31.5 Å². The number of ether oxygens (including phenoxy) is 1. The second kappa shape index (κ2) is 8.37. The molecule has 0 amide bonds. The van der Waals surface area contributed by atoms with Gasteiger partial charge in [0.05, 0.1) is 15.9 Å². The molecule has 3 rings (SSSR count). The normalized spacial score (nSPS) is 20.5. The Morgan fingerprint density at radius 1 is 1.03 bits per heavy atom. The van der Waals surface area contributed by atoms with E-state index in [1.165, 1.54) is 0 Å². The number of nitrogens with zero attached hydrogens (tertiary/aromatic N) is 1. The number of rotatable bonds is 4. The van der Waals surface area contributed by atoms with E-state index in [4.69, 9.17) is 11.6 Å². The van der Waals surface area contributed by atoms with Crippen molar-refractivity contribution in [2.45, 2.75) is 22.9 Å². The molecule has 30 heavy (non-hydrogen) atoms. The summed E-state index contributed by atoms with van der Waals surface area (Å²) in [5, 5.41) is -0.670. The fraction of sp³-hybridized carbons (Fsp3) is 0.333. The van der Waals surface area contributed by atoms with Crippen LogP contribution in [0, 0.1) is 0 Å². The van der Waals surface area contributed by atoms with Crippen molar-refractivity contribution in [3.63, 3.8) is 0 Å². The van der Waals surface area contributed by atoms with E-state index >= 15 is 0 Å². The first kappa shape index (κ1) is 22.9. The SMILES string of the molecule is O=S1(=O)CCN(S(=O)(=O)c2ccc(OC(F)(F)F)cc2)CCC1c1ccccc1Cl. The van der Waals surface area contributed by atoms with Crippen LogP contribution in [0.1, 0.15) is 17.2 Å². The van der Waals surface area contributed by atoms with Crippen molar-refractivity contribution in [2.75, 3.05) is 18.8 Å². The lowest BCUT2D eigenvalue weighted by Crippen LogP contribution is -2.33. The van der Waals surface area contributed by atoms with Crippen LogP contribution in [0.25, 0.3) is 0 Å². The molecule has 1 fully saturated rings. The van der Waals surface area contributed by atoms with Crippen molar-refractivity contribution in [3.05, 3.63) is 59.1 Å². The number of sulfonamides is 1. The van der Waals surface area contributed by atoms with Crippen molar-refractivity contribution in [1.29, 1.82) is 0 Å². The fourth-order valence-electron chi connectivity index (χ4n) is 3.21. The van der Waals surface area contributed by atoms with Gasteiger partial charge in [-0.1, -0.05) is 29.8 Å². The Bertz CT molecular complexity index is 1120. The minimum absolute atomic E-state index is 0.000561. The predicted octanol–water partition coefficient (Wildman–Crippen LogP) is 3.79. The van der Waals surface area contributed by atoms with Crippen LogP contribution in [0.15, 0.2) is 53.4 Å². The van der Waals surface area contributed by atoms with Crippen LogP contribution in [-0.2, 0) is 19.9 Å². The molecule has 1 saturated heterocycles. The molecule has 2 aromatic carbocycles. The predicted molar refractivity (Wildman–Crippen MR) is 104 cm³/mol. The molecule has 2 aromatic rings. The Morgan fingerprint density at radius 2 is 1.67 bits per heavy atom. The summed E-state index contributed by atoms with van der Waals surface area (Å²) in [6.07, 6.45) is -4.90. The van der Waals surface area contributed by atoms with E-state index in [1.807, 2.05) is 0 Å². The molecular weight excluding hydrogens is 467 g/mol. The van der Waals surface area contributed by atoms with E-state index in [9.17, 15) is 30.0 Å². The van der Waals surface area contributed by atoms with Crippen LogP contribution >= 0.6 is 11.6 Å². The van der Waals surface area contributed by atoms with Crippen molar-refractivity contribution in [1.82, 2.24) is 4.31 Å². The molecule has 12 heteroatoms. The number of sulfone groups is 1. The zero-order chi connectivity index (χ0) is 22.2. The quantitative estimate of drug-likeness (QED) is 0.661. The largest absolute Gasteiger partial charge is 0.573 e. The molecule has 164 valence electrons. The van der Waals surface area contributed by atoms with Gasteiger partial charge < -0.3 is 4.74 Å². The monoisotopic (exact) mass is 483 g/mol. The number of hydrogen-bond acceptors (Lipinski definition) is 5. The lowest BCUT2D eigenvalue weighted by molar-refractivity contribution is -0.274. The molecule has 0 saturated carbocycles. The van der Waals surface area contributed by atoms with Gasteiger partial charge in [0, 0.05) is 18.1 Å². The van der Waals surface area contributed by atoms with Gasteiger partial charge in [-0.2, -0.15) is 4.31 Å². The lowest BCUT2D eigenvalue weighted by Gasteiger charge is -2.20. The first-order valence-corrected chi connectivity index (χ1v) is 12.3. The van der Waals surface area contributed by atoms with E-state index in [0.717, 1.165) is 28.6 Å². The maximum absolute atomic E-state index is 12.9. The summed E-state index contributed by atoms with van der Waals surface area (Å²) in [5.41, 5.74) is 0.409. The van der Waals surface area contributed by atoms with Crippen LogP contribution in [0.5, 0.6) is 5.75 Å². The first-order valence-electron chi connectivity index (χ1n) is 8.72. The number of alkyl halides is 3. The second-order valence-corrected chi connectivity index (χ2v) is 11.2. The minimum atomic E-state index is -4.90. The van der Waals surface area contributed by atoms with Crippen molar-refractivity contribution < 1.29 is 34.7 Å². The van der Waals surface area contributed by atoms with E-state index in [-0.39, 0.29) is 29.4 Å². The second-order valence-electron chi connectivity index (χ2n) is 6.59. The fourth-order valence-corrected chi connectivity index (χ4v) is 6.93. The standard InChI is InChI=1S/C18H17ClF3NO5S2/c19-16-4-2-1-3-15(16)17-9-10-23(11-12-29(17,24)25)30(26,27)14-7-5-13(6-8-14)28-18(20,21)22/h1-8,17H,9-12H2. The Morgan fingerprint density at radius 3 is 2.27 bits per heavy atom. The maximum Gasteiger partial charge on any atom is 0.573 e. The molecule has 1 aliphatic rings. The van der Waals surface area contributed by atoms with Gasteiger partial charge in [0.2, 0.25) is 10.0 Å². The van der Waals surface area contributed by atoms with E-state index in [0.29, 0.717) is 5.56 Å². The molecule has 1 unspecified atom stereocenters. The molecule has 0 spiro atoms. The number of benzene rings is 2. The third kappa shape index (κ3) is 5.08. The highest BCUT2D eigenvalue weighted by atomic mass is 35.5. The molecular formula is C18H17ClF3NO5S2. The van der Waals surface area contributed by atoms with Gasteiger partial charge in [0.25, 0.3) is 0 Å². The zero-order valence-electron chi connectivity index (χ0n) is 15.3. The van der Waals surface area contributed by atoms with Crippen LogP contribution in [0.4, 0.5) is 13.2 Å². The molecule has 0 bridgehead atoms. The molecule has 1 aliphatic heterocycles. The van der Waals surface area contributed by atoms with Gasteiger partial charge in [-0.05, 0) is 42.3 Å². The summed E-state index contributed by atoms with van der Waals surface area (Å²) in [6.45, 7) is -0.356. The van der Waals surface area contributed by atoms with E-state index < -0.39 is 43.0 Å². The van der Waals surface area contributed by atoms with Crippen LogP contribution < -0.4 is 4.74 Å². The van der Waals surface area contributed by atoms with Crippen molar-refractivity contribution in [3.8, 4) is 5.75 Å². The summed E-state index contributed by atoms with van der Waals surface area (Å²) in [7, 11) is -7.79. The van der Waals surface area contributed by atoms with Gasteiger partial charge in [-0.15, -0.1) is 13.2 Å². The van der Waals surface area contributed by atoms with Gasteiger partial charge in [-0.3, -0.25) is 0 Å². The van der Waals surface area contributed by atoms with Gasteiger partial charge >= 0.3 is 6.36 Å². The third-order valence-corrected chi connectivity index (χ3v) is 9.01. The molecule has 6 nitrogen and oxygen atoms in total. The lowest BCUT2D eigenvalue weighted by atomic mass is 10.1. The van der Waals surface area contributed by atoms with Gasteiger partial charge in [0.1, 0.15) is 5.75 Å². The average molecular weight is 484 g/mol. The Balaban J connectivity index is 1.84. The molecule has 1 heterocycles. The van der Waals surface area contributed by atoms with E-state index in [2.05, 4.69) is 4.74 Å². The summed E-state index contributed by atoms with van der Waals surface area (Å²) < 4.78 is 92.8. The average Bonchev–Trinajstić information content (AvgIpc) is 2.80. The summed E-state index contributed by atoms with van der Waals surface area (Å²) in [5.74, 6) is -0.962. The molecule has 0 aliphatic carbocycles. The molecule has 1 atom stereocenters. The highest BCUT2D eigenvalue weighted by molar-refractivity contribution is 7.92. The smallest absolute Gasteiger partial charge is 0.406 e. The number of hydrogen-bond donors (Lipinski definition) is 0. The first-order chi connectivity index (χ1) is 13.9. The van der Waals surface area contributed by atoms with Crippen LogP contribution in [0.2, 0.25) is 5.02 Å². The van der Waals surface area contributed by atoms with Gasteiger partial charge in [0.15, 0.2) is 9.84 Å². The minimum Gasteiger partial charge on any atom is -0.406 e. The Labute approximate surface area is 177 Å². The molecule has 0 radical (unpaired) electrons. The highest BCUT2D eigenvalue weighted by Crippen LogP contribution is 2.35. The molecule has 0 aromatic heterocycles. The summed E-state index contributed by atoms with van der Waals surface area (Å²) in [4.78, 5) is -0.259. The highest BCUT2D eigenvalue weighted by Gasteiger charge is 2.36. The van der Waals surface area contributed by atoms with Gasteiger partial charge in [-0.25, -0.2) is 16.8 Å². The summed E-state index contributed by atoms with van der Waals surface area (Å²) >= 11 is 6.13. The Kier molecular flexibility index (Phi) is 6.38. The van der Waals surface area contributed by atoms with Crippen LogP contribution in [-0.4, -0.2) is 46.3 Å². The molecule has 0 N–H and O–H groups in total. The third-order valence-electron chi connectivity index (χ3n) is 4.65.